The molecule has 54 valence electrons. The van der Waals surface area contributed by atoms with Gasteiger partial charge in [0.15, 0.2) is 5.82 Å². The molecule has 1 aromatic heterocycles. The van der Waals surface area contributed by atoms with E-state index in [9.17, 15) is 4.79 Å². The van der Waals surface area contributed by atoms with Crippen LogP contribution < -0.4 is 16.6 Å². The molecule has 0 aliphatic carbocycles. The number of carbonyl (C=O) groups is 1. The number of nitrogens with two attached hydrogens (primary N) is 1. The smallest absolute Gasteiger partial charge is 0.289 e. The van der Waals surface area contributed by atoms with Gasteiger partial charge in [-0.15, -0.1) is 0 Å². The van der Waals surface area contributed by atoms with E-state index >= 15 is 0 Å². The van der Waals surface area contributed by atoms with Gasteiger partial charge in [0, 0.05) is 0 Å². The van der Waals surface area contributed by atoms with Crippen LogP contribution in [0.5, 0.6) is 0 Å². The number of urea groups is 1. The highest BCUT2D eigenvalue weighted by Gasteiger charge is 1.98. The molecule has 0 radical (unpaired) electrons. The Hall–Kier alpha value is -1.21. The molecule has 0 saturated heterocycles. The van der Waals surface area contributed by atoms with Gasteiger partial charge in [0.1, 0.15) is 0 Å². The molecular formula is C3H5N5OS. The summed E-state index contributed by atoms with van der Waals surface area (Å²) in [5, 5.41) is 2.33. The number of hydrazine groups is 1. The van der Waals surface area contributed by atoms with Gasteiger partial charge < -0.3 is 0 Å². The van der Waals surface area contributed by atoms with Crippen molar-refractivity contribution in [2.75, 3.05) is 5.32 Å². The second kappa shape index (κ2) is 3.08. The Morgan fingerprint density at radius 3 is 3.10 bits per heavy atom. The fraction of sp³-hybridized carbons (Fsp3) is 0. The standard InChI is InChI=1S/C3H5N5OS/c4-7-3(9)6-2-1-5-10-8-2/h1H,4H2,(H2,6,7,8,9). The number of aromatic nitrogens is 2. The van der Waals surface area contributed by atoms with Crippen molar-refractivity contribution in [3.05, 3.63) is 6.20 Å². The number of hydrogen-bond acceptors (Lipinski definition) is 5. The van der Waals surface area contributed by atoms with Crippen LogP contribution in [0.3, 0.4) is 0 Å². The maximum Gasteiger partial charge on any atom is 0.334 e. The molecule has 0 spiro atoms. The van der Waals surface area contributed by atoms with Gasteiger partial charge in [-0.25, -0.2) is 10.6 Å². The summed E-state index contributed by atoms with van der Waals surface area (Å²) in [6.45, 7) is 0. The molecule has 0 fully saturated rings. The average molecular weight is 159 g/mol. The molecule has 0 bridgehead atoms. The number of amides is 2. The zero-order valence-corrected chi connectivity index (χ0v) is 5.68. The van der Waals surface area contributed by atoms with Gasteiger partial charge in [-0.2, -0.15) is 8.75 Å². The first-order valence-electron chi connectivity index (χ1n) is 2.38. The molecule has 1 aromatic rings. The van der Waals surface area contributed by atoms with Crippen molar-refractivity contribution in [3.8, 4) is 0 Å². The van der Waals surface area contributed by atoms with Gasteiger partial charge in [0.25, 0.3) is 0 Å². The lowest BCUT2D eigenvalue weighted by Gasteiger charge is -1.96. The molecule has 10 heavy (non-hydrogen) atoms. The van der Waals surface area contributed by atoms with Crippen molar-refractivity contribution in [1.29, 1.82) is 0 Å². The van der Waals surface area contributed by atoms with Crippen LogP contribution in [0.25, 0.3) is 0 Å². The third-order valence-corrected chi connectivity index (χ3v) is 1.21. The first-order chi connectivity index (χ1) is 4.83. The predicted octanol–water partition coefficient (Wildman–Crippen LogP) is -0.467. The van der Waals surface area contributed by atoms with E-state index < -0.39 is 6.03 Å². The first-order valence-corrected chi connectivity index (χ1v) is 3.11. The first kappa shape index (κ1) is 6.90. The molecule has 0 atom stereocenters. The fourth-order valence-electron chi connectivity index (χ4n) is 0.372. The van der Waals surface area contributed by atoms with E-state index in [0.717, 1.165) is 11.7 Å². The Morgan fingerprint density at radius 1 is 1.80 bits per heavy atom. The van der Waals surface area contributed by atoms with Crippen molar-refractivity contribution in [3.63, 3.8) is 0 Å². The topological polar surface area (TPSA) is 92.9 Å². The highest BCUT2D eigenvalue weighted by molar-refractivity contribution is 6.99. The Morgan fingerprint density at radius 2 is 2.60 bits per heavy atom. The zero-order chi connectivity index (χ0) is 7.40. The number of nitrogens with one attached hydrogen (secondary N) is 2. The Labute approximate surface area is 60.7 Å². The predicted molar refractivity (Wildman–Crippen MR) is 36.3 cm³/mol. The Balaban J connectivity index is 2.48. The van der Waals surface area contributed by atoms with Crippen LogP contribution in [0.15, 0.2) is 6.20 Å². The molecule has 1 heterocycles. The second-order valence-electron chi connectivity index (χ2n) is 1.39. The van der Waals surface area contributed by atoms with Crippen LogP contribution in [0.2, 0.25) is 0 Å². The van der Waals surface area contributed by atoms with E-state index in [4.69, 9.17) is 5.84 Å². The average Bonchev–Trinajstić information content (AvgIpc) is 2.40. The van der Waals surface area contributed by atoms with E-state index in [-0.39, 0.29) is 0 Å². The maximum atomic E-state index is 10.5. The zero-order valence-electron chi connectivity index (χ0n) is 4.87. The summed E-state index contributed by atoms with van der Waals surface area (Å²) >= 11 is 1.01. The van der Waals surface area contributed by atoms with E-state index in [2.05, 4.69) is 14.1 Å². The van der Waals surface area contributed by atoms with Gasteiger partial charge in [-0.1, -0.05) is 0 Å². The summed E-state index contributed by atoms with van der Waals surface area (Å²) in [7, 11) is 0. The highest BCUT2D eigenvalue weighted by Crippen LogP contribution is 1.99. The third kappa shape index (κ3) is 1.64. The van der Waals surface area contributed by atoms with Crippen molar-refractivity contribution in [2.24, 2.45) is 5.84 Å². The van der Waals surface area contributed by atoms with Crippen LogP contribution >= 0.6 is 11.7 Å². The number of rotatable bonds is 1. The van der Waals surface area contributed by atoms with Crippen molar-refractivity contribution >= 4 is 23.6 Å². The van der Waals surface area contributed by atoms with Gasteiger partial charge in [-0.3, -0.25) is 10.7 Å². The number of hydrogen-bond donors (Lipinski definition) is 3. The summed E-state index contributed by atoms with van der Waals surface area (Å²) in [6, 6.07) is -0.507. The van der Waals surface area contributed by atoms with Crippen LogP contribution in [-0.4, -0.2) is 14.8 Å². The van der Waals surface area contributed by atoms with Gasteiger partial charge in [0.05, 0.1) is 17.9 Å². The minimum absolute atomic E-state index is 0.396. The molecule has 0 aromatic carbocycles. The largest absolute Gasteiger partial charge is 0.334 e. The number of anilines is 1. The summed E-state index contributed by atoms with van der Waals surface area (Å²) in [5.74, 6) is 5.18. The maximum absolute atomic E-state index is 10.5. The fourth-order valence-corrected chi connectivity index (χ4v) is 0.747. The molecule has 0 unspecified atom stereocenters. The summed E-state index contributed by atoms with van der Waals surface area (Å²) < 4.78 is 7.36. The van der Waals surface area contributed by atoms with Crippen LogP contribution in [0.4, 0.5) is 10.6 Å². The molecule has 4 N–H and O–H groups in total. The summed E-state index contributed by atoms with van der Waals surface area (Å²) in [4.78, 5) is 10.5. The van der Waals surface area contributed by atoms with Crippen molar-refractivity contribution < 1.29 is 4.79 Å². The van der Waals surface area contributed by atoms with Gasteiger partial charge in [0.2, 0.25) is 0 Å². The number of nitrogens with zero attached hydrogens (tertiary/aromatic N) is 2. The number of carbonyl (C=O) groups excluding carboxylic acids is 1. The van der Waals surface area contributed by atoms with E-state index in [1.165, 1.54) is 6.20 Å². The minimum atomic E-state index is -0.507. The Kier molecular flexibility index (Phi) is 2.13. The summed E-state index contributed by atoms with van der Waals surface area (Å²) in [6.07, 6.45) is 1.43. The van der Waals surface area contributed by atoms with Crippen LogP contribution in [0, 0.1) is 0 Å². The minimum Gasteiger partial charge on any atom is -0.289 e. The molecule has 0 aliphatic heterocycles. The van der Waals surface area contributed by atoms with E-state index in [1.807, 2.05) is 5.43 Å². The second-order valence-corrected chi connectivity index (χ2v) is 1.95. The van der Waals surface area contributed by atoms with E-state index in [1.54, 1.807) is 0 Å². The molecule has 0 aliphatic rings. The highest BCUT2D eigenvalue weighted by atomic mass is 32.1. The SMILES string of the molecule is NNC(=O)Nc1cnsn1. The van der Waals surface area contributed by atoms with Crippen molar-refractivity contribution in [1.82, 2.24) is 14.2 Å². The van der Waals surface area contributed by atoms with Crippen molar-refractivity contribution in [2.45, 2.75) is 0 Å². The molecule has 2 amide bonds. The lowest BCUT2D eigenvalue weighted by atomic mass is 10.7. The quantitative estimate of drug-likeness (QED) is 0.293. The molecule has 1 rings (SSSR count). The Bertz CT molecular complexity index is 209. The molecule has 7 heteroatoms. The monoisotopic (exact) mass is 159 g/mol. The molecule has 6 nitrogen and oxygen atoms in total. The lowest BCUT2D eigenvalue weighted by molar-refractivity contribution is 0.252. The lowest BCUT2D eigenvalue weighted by Crippen LogP contribution is -2.34. The van der Waals surface area contributed by atoms with Crippen LogP contribution in [-0.2, 0) is 0 Å². The van der Waals surface area contributed by atoms with Crippen LogP contribution in [0.1, 0.15) is 0 Å². The summed E-state index contributed by atoms with van der Waals surface area (Å²) in [5.41, 5.74) is 1.89. The third-order valence-electron chi connectivity index (χ3n) is 0.734. The normalized spacial score (nSPS) is 8.90. The van der Waals surface area contributed by atoms with Gasteiger partial charge in [-0.05, 0) is 0 Å². The molecular weight excluding hydrogens is 154 g/mol. The molecule has 0 saturated carbocycles. The van der Waals surface area contributed by atoms with Gasteiger partial charge >= 0.3 is 6.03 Å². The van der Waals surface area contributed by atoms with E-state index in [0.29, 0.717) is 5.82 Å².